The van der Waals surface area contributed by atoms with Crippen molar-refractivity contribution in [2.45, 2.75) is 38.6 Å². The van der Waals surface area contributed by atoms with Gasteiger partial charge >= 0.3 is 12.9 Å². The number of allylic oxidation sites excluding steroid dienone is 2. The van der Waals surface area contributed by atoms with Crippen LogP contribution in [0, 0.1) is 0 Å². The Bertz CT molecular complexity index is 1750. The minimum Gasteiger partial charge on any atom is -0.480 e. The van der Waals surface area contributed by atoms with Crippen molar-refractivity contribution in [2.24, 2.45) is 0 Å². The summed E-state index contributed by atoms with van der Waals surface area (Å²) in [6, 6.07) is 8.94. The quantitative estimate of drug-likeness (QED) is 0.137. The number of carbonyl (C=O) groups is 3. The van der Waals surface area contributed by atoms with Crippen molar-refractivity contribution in [1.82, 2.24) is 15.1 Å². The van der Waals surface area contributed by atoms with Gasteiger partial charge in [0.05, 0.1) is 34.2 Å². The van der Waals surface area contributed by atoms with Gasteiger partial charge in [0.25, 0.3) is 10.1 Å². The summed E-state index contributed by atoms with van der Waals surface area (Å²) in [7, 11) is 1.56. The first-order valence-electron chi connectivity index (χ1n) is 14.8. The molecule has 4 N–H and O–H groups in total. The van der Waals surface area contributed by atoms with Crippen molar-refractivity contribution in [2.75, 3.05) is 40.0 Å². The molecule has 1 aromatic heterocycles. The topological polar surface area (TPSA) is 158 Å². The predicted octanol–water partition coefficient (Wildman–Crippen LogP) is 2.14. The third-order valence-corrected chi connectivity index (χ3v) is 8.57. The molecule has 16 heteroatoms. The van der Waals surface area contributed by atoms with Crippen LogP contribution in [0.15, 0.2) is 53.7 Å². The summed E-state index contributed by atoms with van der Waals surface area (Å²) in [5, 5.41) is 13.3. The van der Waals surface area contributed by atoms with Crippen LogP contribution in [0.25, 0.3) is 17.3 Å². The number of nitrogens with zero attached hydrogens (tertiary/aromatic N) is 3. The molecule has 4 rings (SSSR count). The lowest BCUT2D eigenvalue weighted by Gasteiger charge is -2.31. The van der Waals surface area contributed by atoms with E-state index in [1.807, 2.05) is 17.4 Å². The summed E-state index contributed by atoms with van der Waals surface area (Å²) in [5.41, 5.74) is 3.57. The van der Waals surface area contributed by atoms with E-state index < -0.39 is 53.2 Å². The van der Waals surface area contributed by atoms with E-state index in [0.717, 1.165) is 32.0 Å². The maximum Gasteiger partial charge on any atom is 0.737 e. The normalized spacial score (nSPS) is 16.2. The smallest absolute Gasteiger partial charge is 0.480 e. The minimum absolute atomic E-state index is 0.0758. The van der Waals surface area contributed by atoms with E-state index in [1.165, 1.54) is 0 Å². The molecule has 248 valence electrons. The number of halogens is 2. The predicted molar refractivity (Wildman–Crippen MR) is 170 cm³/mol. The lowest BCUT2D eigenvalue weighted by molar-refractivity contribution is -0.870. The van der Waals surface area contributed by atoms with Gasteiger partial charge in [0.2, 0.25) is 11.8 Å². The average molecular weight is 663 g/mol. The second-order valence-electron chi connectivity index (χ2n) is 12.6. The number of hydrogen-bond donors (Lipinski definition) is 4. The Labute approximate surface area is 266 Å². The van der Waals surface area contributed by atoms with Crippen molar-refractivity contribution in [3.63, 3.8) is 0 Å². The standard InChI is InChI=1S/C30H38BF2N5O7S/c1-20-15-23(12-13-28(39)34-18-29(40)35-24(30(41)42)19-46(43,44)45)36-25(20)17-27-22(11-8-14-38(2,3)4)16-26(37(27)31(36,32)33)21-9-6-5-7-10-21/h5-7,9-10,15-17,24H,8,11-14,18-19H2,1-4H3,(H3-,34,35,39,40,41,42,43,44,45)/p+1. The van der Waals surface area contributed by atoms with Crippen molar-refractivity contribution in [3.05, 3.63) is 65.0 Å². The number of aryl methyl sites for hydroxylation is 1. The zero-order valence-electron chi connectivity index (χ0n) is 26.2. The number of amides is 2. The van der Waals surface area contributed by atoms with Crippen LogP contribution < -0.4 is 10.6 Å². The Morgan fingerprint density at radius 2 is 1.74 bits per heavy atom. The molecular formula is C30H39BF2N5O7S+. The number of nitrogens with one attached hydrogen (secondary N) is 2. The van der Waals surface area contributed by atoms with Crippen LogP contribution in [0.2, 0.25) is 0 Å². The van der Waals surface area contributed by atoms with Crippen LogP contribution in [0.5, 0.6) is 0 Å². The Balaban J connectivity index is 1.55. The van der Waals surface area contributed by atoms with Gasteiger partial charge in [0.1, 0.15) is 17.5 Å². The maximum absolute atomic E-state index is 16.7. The summed E-state index contributed by atoms with van der Waals surface area (Å²) in [6.45, 7) is -2.44. The molecule has 2 aromatic rings. The van der Waals surface area contributed by atoms with Gasteiger partial charge in [0.15, 0.2) is 5.70 Å². The molecule has 0 aliphatic carbocycles. The summed E-state index contributed by atoms with van der Waals surface area (Å²) < 4.78 is 67.2. The van der Waals surface area contributed by atoms with Gasteiger partial charge in [-0.3, -0.25) is 14.1 Å². The van der Waals surface area contributed by atoms with E-state index in [9.17, 15) is 22.8 Å². The molecule has 0 saturated carbocycles. The number of aromatic nitrogens is 1. The second kappa shape index (κ2) is 13.3. The van der Waals surface area contributed by atoms with E-state index >= 15 is 8.63 Å². The molecule has 12 nitrogen and oxygen atoms in total. The highest BCUT2D eigenvalue weighted by Gasteiger charge is 2.54. The SMILES string of the molecule is CC1=CC(CCC(=O)NCC(=O)NC(CS(=O)(=O)O)C(=O)O)=[N+]2C1=Cc1c(CCC[N+](C)(C)C)cc(-c3ccccc3)n1[B-]2(F)F. The van der Waals surface area contributed by atoms with Gasteiger partial charge in [-0.15, -0.1) is 0 Å². The molecule has 1 unspecified atom stereocenters. The van der Waals surface area contributed by atoms with E-state index in [4.69, 9.17) is 9.66 Å². The van der Waals surface area contributed by atoms with Gasteiger partial charge in [-0.25, -0.2) is 4.79 Å². The van der Waals surface area contributed by atoms with Gasteiger partial charge in [-0.05, 0) is 30.5 Å². The largest absolute Gasteiger partial charge is 0.737 e. The Morgan fingerprint density at radius 3 is 2.35 bits per heavy atom. The first-order valence-corrected chi connectivity index (χ1v) is 16.4. The Kier molecular flexibility index (Phi) is 10.0. The van der Waals surface area contributed by atoms with Gasteiger partial charge in [-0.1, -0.05) is 30.3 Å². The monoisotopic (exact) mass is 662 g/mol. The number of hydrogen-bond acceptors (Lipinski definition) is 5. The molecule has 2 aliphatic heterocycles. The van der Waals surface area contributed by atoms with Gasteiger partial charge < -0.3 is 37.8 Å². The van der Waals surface area contributed by atoms with Crippen LogP contribution in [0.1, 0.15) is 37.4 Å². The van der Waals surface area contributed by atoms with E-state index in [1.54, 1.807) is 43.3 Å². The number of aliphatic carboxylic acids is 1. The molecule has 2 amide bonds. The molecule has 0 radical (unpaired) electrons. The minimum atomic E-state index is -4.70. The molecule has 3 heterocycles. The first-order chi connectivity index (χ1) is 21.4. The van der Waals surface area contributed by atoms with Crippen LogP contribution in [-0.4, -0.2) is 108 Å². The fraction of sp³-hybridized carbons (Fsp3) is 0.400. The highest BCUT2D eigenvalue weighted by atomic mass is 32.2. The highest BCUT2D eigenvalue weighted by molar-refractivity contribution is 7.85. The molecule has 0 fully saturated rings. The third-order valence-electron chi connectivity index (χ3n) is 7.82. The number of rotatable bonds is 14. The molecule has 1 aromatic carbocycles. The molecule has 0 spiro atoms. The zero-order valence-corrected chi connectivity index (χ0v) is 27.0. The number of carboxylic acid groups (broad SMARTS) is 1. The second-order valence-corrected chi connectivity index (χ2v) is 14.1. The molecule has 2 aliphatic rings. The van der Waals surface area contributed by atoms with Crippen molar-refractivity contribution < 1.29 is 50.1 Å². The molecule has 0 saturated heterocycles. The lowest BCUT2D eigenvalue weighted by Crippen LogP contribution is -2.50. The molecule has 0 bridgehead atoms. The van der Waals surface area contributed by atoms with Crippen molar-refractivity contribution in [1.29, 1.82) is 0 Å². The number of carbonyl (C=O) groups excluding carboxylic acids is 2. The third kappa shape index (κ3) is 8.16. The summed E-state index contributed by atoms with van der Waals surface area (Å²) >= 11 is 0. The van der Waals surface area contributed by atoms with E-state index in [-0.39, 0.29) is 18.6 Å². The Morgan fingerprint density at radius 1 is 1.07 bits per heavy atom. The maximum atomic E-state index is 16.7. The van der Waals surface area contributed by atoms with E-state index in [2.05, 4.69) is 26.5 Å². The number of fused-ring (bicyclic) bond motifs is 2. The van der Waals surface area contributed by atoms with Crippen LogP contribution in [0.3, 0.4) is 0 Å². The highest BCUT2D eigenvalue weighted by Crippen LogP contribution is 2.40. The summed E-state index contributed by atoms with van der Waals surface area (Å²) in [5.74, 6) is -4.61. The fourth-order valence-electron chi connectivity index (χ4n) is 5.73. The zero-order chi connectivity index (χ0) is 34.0. The van der Waals surface area contributed by atoms with Crippen molar-refractivity contribution in [3.8, 4) is 11.3 Å². The van der Waals surface area contributed by atoms with E-state index in [0.29, 0.717) is 34.6 Å². The Hall–Kier alpha value is -4.15. The summed E-state index contributed by atoms with van der Waals surface area (Å²) in [4.78, 5) is 35.9. The number of benzene rings is 1. The average Bonchev–Trinajstić information content (AvgIpc) is 3.48. The van der Waals surface area contributed by atoms with Crippen LogP contribution in [-0.2, 0) is 30.9 Å². The van der Waals surface area contributed by atoms with Gasteiger partial charge in [-0.2, -0.15) is 8.42 Å². The number of quaternary nitrogens is 1. The molecule has 46 heavy (non-hydrogen) atoms. The lowest BCUT2D eigenvalue weighted by atomic mass is 9.88. The van der Waals surface area contributed by atoms with Crippen molar-refractivity contribution >= 4 is 46.7 Å². The summed E-state index contributed by atoms with van der Waals surface area (Å²) in [6.07, 6.45) is 4.52. The van der Waals surface area contributed by atoms with Crippen LogP contribution in [0.4, 0.5) is 8.63 Å². The molecular weight excluding hydrogens is 623 g/mol. The van der Waals surface area contributed by atoms with Crippen LogP contribution >= 0.6 is 0 Å². The first kappa shape index (κ1) is 34.7. The number of carboxylic acids is 1. The molecule has 1 atom stereocenters. The van der Waals surface area contributed by atoms with Gasteiger partial charge in [0, 0.05) is 48.4 Å². The fourth-order valence-corrected chi connectivity index (χ4v) is 6.38.